The Balaban J connectivity index is 1.16. The van der Waals surface area contributed by atoms with Gasteiger partial charge in [0.2, 0.25) is 5.91 Å². The minimum absolute atomic E-state index is 0.179. The predicted octanol–water partition coefficient (Wildman–Crippen LogP) is 2.79. The van der Waals surface area contributed by atoms with Gasteiger partial charge < -0.3 is 14.5 Å². The minimum Gasteiger partial charge on any atom is -0.434 e. The number of carbonyl (C=O) groups is 1. The first kappa shape index (κ1) is 24.6. The van der Waals surface area contributed by atoms with E-state index < -0.39 is 6.61 Å². The summed E-state index contributed by atoms with van der Waals surface area (Å²) in [5.74, 6) is 0.401. The quantitative estimate of drug-likeness (QED) is 0.561. The lowest BCUT2D eigenvalue weighted by atomic mass is 10.1. The Hall–Kier alpha value is -2.55. The topological polar surface area (TPSA) is 39.3 Å². The molecule has 0 saturated carbocycles. The van der Waals surface area contributed by atoms with Gasteiger partial charge in [0.1, 0.15) is 5.75 Å². The van der Waals surface area contributed by atoms with Crippen molar-refractivity contribution in [3.63, 3.8) is 0 Å². The summed E-state index contributed by atoms with van der Waals surface area (Å²) in [6.07, 6.45) is 1.06. The molecule has 184 valence electrons. The van der Waals surface area contributed by atoms with Crippen LogP contribution in [0.25, 0.3) is 0 Å². The van der Waals surface area contributed by atoms with Gasteiger partial charge in [0.15, 0.2) is 0 Å². The Bertz CT molecular complexity index is 899. The molecule has 1 amide bonds. The van der Waals surface area contributed by atoms with Crippen molar-refractivity contribution < 1.29 is 18.3 Å². The monoisotopic (exact) mass is 472 g/mol. The summed E-state index contributed by atoms with van der Waals surface area (Å²) in [7, 11) is 0. The van der Waals surface area contributed by atoms with E-state index in [4.69, 9.17) is 0 Å². The van der Waals surface area contributed by atoms with Gasteiger partial charge in [-0.3, -0.25) is 14.6 Å². The van der Waals surface area contributed by atoms with E-state index in [2.05, 4.69) is 43.7 Å². The molecule has 4 rings (SSSR count). The summed E-state index contributed by atoms with van der Waals surface area (Å²) in [4.78, 5) is 21.7. The van der Waals surface area contributed by atoms with Crippen LogP contribution < -0.4 is 4.74 Å². The largest absolute Gasteiger partial charge is 0.434 e. The molecule has 6 nitrogen and oxygen atoms in total. The van der Waals surface area contributed by atoms with E-state index in [9.17, 15) is 13.6 Å². The first-order valence-corrected chi connectivity index (χ1v) is 12.1. The molecule has 2 aromatic rings. The van der Waals surface area contributed by atoms with Gasteiger partial charge in [-0.2, -0.15) is 8.78 Å². The molecule has 0 bridgehead atoms. The molecule has 0 atom stereocenters. The van der Waals surface area contributed by atoms with Crippen LogP contribution in [0.3, 0.4) is 0 Å². The number of piperazine rings is 2. The second-order valence-corrected chi connectivity index (χ2v) is 9.00. The molecule has 0 unspecified atom stereocenters. The lowest BCUT2D eigenvalue weighted by Gasteiger charge is -2.38. The smallest absolute Gasteiger partial charge is 0.387 e. The number of alkyl halides is 2. The number of benzene rings is 2. The van der Waals surface area contributed by atoms with E-state index in [0.29, 0.717) is 26.2 Å². The van der Waals surface area contributed by atoms with Crippen LogP contribution in [0.4, 0.5) is 8.78 Å². The number of amides is 1. The number of rotatable bonds is 9. The summed E-state index contributed by atoms with van der Waals surface area (Å²) in [6, 6.07) is 17.5. The summed E-state index contributed by atoms with van der Waals surface area (Å²) >= 11 is 0. The second-order valence-electron chi connectivity index (χ2n) is 9.00. The van der Waals surface area contributed by atoms with Gasteiger partial charge in [0, 0.05) is 71.0 Å². The highest BCUT2D eigenvalue weighted by molar-refractivity contribution is 5.78. The molecule has 2 aliphatic heterocycles. The number of carbonyl (C=O) groups excluding carboxylic acids is 1. The van der Waals surface area contributed by atoms with Crippen LogP contribution in [-0.4, -0.2) is 97.6 Å². The fourth-order valence-electron chi connectivity index (χ4n) is 4.64. The van der Waals surface area contributed by atoms with Crippen LogP contribution in [0, 0.1) is 0 Å². The highest BCUT2D eigenvalue weighted by Crippen LogP contribution is 2.22. The Morgan fingerprint density at radius 1 is 0.794 bits per heavy atom. The number of para-hydroxylation sites is 1. The summed E-state index contributed by atoms with van der Waals surface area (Å²) in [5.41, 5.74) is 2.11. The van der Waals surface area contributed by atoms with E-state index in [-0.39, 0.29) is 11.7 Å². The third-order valence-electron chi connectivity index (χ3n) is 6.69. The number of nitrogens with zero attached hydrogens (tertiary/aromatic N) is 4. The maximum Gasteiger partial charge on any atom is 0.387 e. The van der Waals surface area contributed by atoms with Gasteiger partial charge in [0.05, 0.1) is 6.54 Å². The van der Waals surface area contributed by atoms with E-state index in [1.54, 1.807) is 12.1 Å². The van der Waals surface area contributed by atoms with E-state index >= 15 is 0 Å². The highest BCUT2D eigenvalue weighted by Gasteiger charge is 2.25. The molecule has 8 heteroatoms. The van der Waals surface area contributed by atoms with Gasteiger partial charge in [-0.15, -0.1) is 0 Å². The molecule has 34 heavy (non-hydrogen) atoms. The van der Waals surface area contributed by atoms with Gasteiger partial charge in [-0.05, 0) is 18.1 Å². The average molecular weight is 473 g/mol. The zero-order valence-electron chi connectivity index (χ0n) is 19.6. The first-order chi connectivity index (χ1) is 16.6. The van der Waals surface area contributed by atoms with Gasteiger partial charge in [0.25, 0.3) is 0 Å². The molecule has 2 aromatic carbocycles. The number of ether oxygens (including phenoxy) is 1. The third kappa shape index (κ3) is 7.22. The average Bonchev–Trinajstić information content (AvgIpc) is 2.85. The van der Waals surface area contributed by atoms with Crippen LogP contribution in [0.1, 0.15) is 11.1 Å². The first-order valence-electron chi connectivity index (χ1n) is 12.1. The Kier molecular flexibility index (Phi) is 8.85. The van der Waals surface area contributed by atoms with Crippen LogP contribution >= 0.6 is 0 Å². The maximum atomic E-state index is 12.8. The van der Waals surface area contributed by atoms with Gasteiger partial charge in [-0.1, -0.05) is 48.5 Å². The molecule has 2 saturated heterocycles. The molecule has 2 heterocycles. The molecule has 2 fully saturated rings. The number of hydrogen-bond acceptors (Lipinski definition) is 5. The fourth-order valence-corrected chi connectivity index (χ4v) is 4.64. The van der Waals surface area contributed by atoms with Crippen molar-refractivity contribution in [1.29, 1.82) is 0 Å². The van der Waals surface area contributed by atoms with Gasteiger partial charge in [-0.25, -0.2) is 0 Å². The summed E-state index contributed by atoms with van der Waals surface area (Å²) in [5, 5.41) is 0. The van der Waals surface area contributed by atoms with Crippen molar-refractivity contribution in [1.82, 2.24) is 19.6 Å². The molecule has 2 aliphatic rings. The van der Waals surface area contributed by atoms with E-state index in [1.165, 1.54) is 5.56 Å². The predicted molar refractivity (Wildman–Crippen MR) is 128 cm³/mol. The highest BCUT2D eigenvalue weighted by atomic mass is 19.3. The maximum absolute atomic E-state index is 12.8. The van der Waals surface area contributed by atoms with E-state index in [1.807, 2.05) is 23.1 Å². The van der Waals surface area contributed by atoms with Crippen LogP contribution in [0.2, 0.25) is 0 Å². The lowest BCUT2D eigenvalue weighted by molar-refractivity contribution is -0.134. The zero-order chi connectivity index (χ0) is 23.8. The van der Waals surface area contributed by atoms with Crippen LogP contribution in [0.15, 0.2) is 54.6 Å². The standard InChI is InChI=1S/C26H34F2N4O2/c27-26(28)34-24-9-5-4-8-23(24)20-30-16-18-32(19-17-30)25(33)21-31-14-12-29(13-15-31)11-10-22-6-2-1-3-7-22/h1-9,26H,10-21H2. The zero-order valence-corrected chi connectivity index (χ0v) is 19.6. The van der Waals surface area contributed by atoms with Gasteiger partial charge >= 0.3 is 6.61 Å². The normalized spacial score (nSPS) is 18.4. The van der Waals surface area contributed by atoms with Crippen molar-refractivity contribution >= 4 is 5.91 Å². The molecule has 0 spiro atoms. The van der Waals surface area contributed by atoms with Crippen LogP contribution in [0.5, 0.6) is 5.75 Å². The van der Waals surface area contributed by atoms with Crippen LogP contribution in [-0.2, 0) is 17.8 Å². The van der Waals surface area contributed by atoms with Crippen molar-refractivity contribution in [2.24, 2.45) is 0 Å². The molecule has 0 radical (unpaired) electrons. The van der Waals surface area contributed by atoms with Crippen molar-refractivity contribution in [3.8, 4) is 5.75 Å². The Labute approximate surface area is 200 Å². The molecular weight excluding hydrogens is 438 g/mol. The third-order valence-corrected chi connectivity index (χ3v) is 6.69. The summed E-state index contributed by atoms with van der Waals surface area (Å²) < 4.78 is 30.0. The van der Waals surface area contributed by atoms with Crippen molar-refractivity contribution in [2.45, 2.75) is 19.6 Å². The molecular formula is C26H34F2N4O2. The molecule has 0 N–H and O–H groups in total. The minimum atomic E-state index is -2.83. The lowest BCUT2D eigenvalue weighted by Crippen LogP contribution is -2.53. The SMILES string of the molecule is O=C(CN1CCN(CCc2ccccc2)CC1)N1CCN(Cc2ccccc2OC(F)F)CC1. The Morgan fingerprint density at radius 2 is 1.41 bits per heavy atom. The second kappa shape index (κ2) is 12.2. The Morgan fingerprint density at radius 3 is 2.12 bits per heavy atom. The molecule has 0 aromatic heterocycles. The van der Waals surface area contributed by atoms with Crippen molar-refractivity contribution in [2.75, 3.05) is 65.4 Å². The van der Waals surface area contributed by atoms with E-state index in [0.717, 1.165) is 57.8 Å². The number of halogens is 2. The summed E-state index contributed by atoms with van der Waals surface area (Å²) in [6.45, 7) is 5.82. The van der Waals surface area contributed by atoms with Crippen molar-refractivity contribution in [3.05, 3.63) is 65.7 Å². The number of hydrogen-bond donors (Lipinski definition) is 0. The fraction of sp³-hybridized carbons (Fsp3) is 0.500. The molecule has 0 aliphatic carbocycles.